The van der Waals surface area contributed by atoms with Crippen molar-refractivity contribution in [1.29, 1.82) is 0 Å². The average Bonchev–Trinajstić information content (AvgIpc) is 2.81. The Balaban J connectivity index is 1.52. The second kappa shape index (κ2) is 9.60. The zero-order chi connectivity index (χ0) is 25.4. The third-order valence-electron chi connectivity index (χ3n) is 9.24. The molecule has 5 nitrogen and oxygen atoms in total. The highest BCUT2D eigenvalue weighted by atomic mass is 16.4. The maximum atomic E-state index is 13.2. The van der Waals surface area contributed by atoms with Crippen LogP contribution in [0.1, 0.15) is 65.4 Å². The van der Waals surface area contributed by atoms with Crippen LogP contribution < -0.4 is 5.32 Å². The Labute approximate surface area is 208 Å². The van der Waals surface area contributed by atoms with E-state index in [0.717, 1.165) is 31.2 Å². The van der Waals surface area contributed by atoms with Gasteiger partial charge >= 0.3 is 5.97 Å². The molecule has 0 spiro atoms. The van der Waals surface area contributed by atoms with Crippen molar-refractivity contribution in [1.82, 2.24) is 5.32 Å². The summed E-state index contributed by atoms with van der Waals surface area (Å²) >= 11 is 0. The SMILES string of the molecule is CC1=CCC[C@H]2[C@](C)(CC3=CC(=O)C(N[C@H](Cc4ccccc4)C(=O)O)=CC3=O)[C@@H](C)CC[C@]12C. The van der Waals surface area contributed by atoms with E-state index in [1.165, 1.54) is 17.7 Å². The Kier molecular flexibility index (Phi) is 6.90. The van der Waals surface area contributed by atoms with Gasteiger partial charge in [0.05, 0.1) is 5.70 Å². The predicted molar refractivity (Wildman–Crippen MR) is 137 cm³/mol. The normalized spacial score (nSPS) is 31.6. The van der Waals surface area contributed by atoms with Gasteiger partial charge in [0.2, 0.25) is 5.78 Å². The molecule has 3 aliphatic rings. The fourth-order valence-electron chi connectivity index (χ4n) is 6.71. The van der Waals surface area contributed by atoms with Gasteiger partial charge in [-0.3, -0.25) is 9.59 Å². The number of carboxylic acid groups (broad SMARTS) is 1. The fourth-order valence-corrected chi connectivity index (χ4v) is 6.71. The maximum absolute atomic E-state index is 13.2. The highest BCUT2D eigenvalue weighted by Crippen LogP contribution is 2.62. The van der Waals surface area contributed by atoms with E-state index in [9.17, 15) is 19.5 Å². The molecule has 1 fully saturated rings. The first-order valence-corrected chi connectivity index (χ1v) is 12.8. The van der Waals surface area contributed by atoms with Gasteiger partial charge in [0.25, 0.3) is 0 Å². The van der Waals surface area contributed by atoms with Crippen LogP contribution in [0.15, 0.2) is 65.4 Å². The van der Waals surface area contributed by atoms with Crippen LogP contribution in [0.4, 0.5) is 0 Å². The minimum Gasteiger partial charge on any atom is -0.480 e. The first-order chi connectivity index (χ1) is 16.5. The third-order valence-corrected chi connectivity index (χ3v) is 9.24. The van der Waals surface area contributed by atoms with Crippen molar-refractivity contribution in [2.75, 3.05) is 0 Å². The largest absolute Gasteiger partial charge is 0.480 e. The number of nitrogens with one attached hydrogen (secondary N) is 1. The van der Waals surface area contributed by atoms with E-state index in [0.29, 0.717) is 23.8 Å². The monoisotopic (exact) mass is 475 g/mol. The molecule has 0 bridgehead atoms. The minimum atomic E-state index is -1.06. The number of ketones is 2. The van der Waals surface area contributed by atoms with E-state index in [2.05, 4.69) is 39.1 Å². The number of aliphatic carboxylic acids is 1. The van der Waals surface area contributed by atoms with Gasteiger partial charge in [-0.2, -0.15) is 0 Å². The highest BCUT2D eigenvalue weighted by molar-refractivity contribution is 6.19. The first kappa shape index (κ1) is 25.2. The minimum absolute atomic E-state index is 0.0604. The van der Waals surface area contributed by atoms with Crippen LogP contribution in [0, 0.1) is 22.7 Å². The van der Waals surface area contributed by atoms with Crippen molar-refractivity contribution < 1.29 is 19.5 Å². The molecule has 0 radical (unpaired) electrons. The number of carbonyl (C=O) groups is 3. The lowest BCUT2D eigenvalue weighted by Gasteiger charge is -2.58. The summed E-state index contributed by atoms with van der Waals surface area (Å²) in [4.78, 5) is 38.1. The van der Waals surface area contributed by atoms with Crippen molar-refractivity contribution in [2.45, 2.75) is 72.3 Å². The maximum Gasteiger partial charge on any atom is 0.326 e. The number of rotatable bonds is 7. The van der Waals surface area contributed by atoms with E-state index in [1.54, 1.807) is 0 Å². The van der Waals surface area contributed by atoms with E-state index in [4.69, 9.17) is 0 Å². The molecule has 2 N–H and O–H groups in total. The Morgan fingerprint density at radius 3 is 2.51 bits per heavy atom. The van der Waals surface area contributed by atoms with Crippen LogP contribution in [0.5, 0.6) is 0 Å². The molecule has 3 aliphatic carbocycles. The molecule has 0 heterocycles. The number of hydrogen-bond acceptors (Lipinski definition) is 4. The Hall–Kier alpha value is -2.95. The Morgan fingerprint density at radius 2 is 1.83 bits per heavy atom. The summed E-state index contributed by atoms with van der Waals surface area (Å²) in [6.45, 7) is 9.20. The average molecular weight is 476 g/mol. The predicted octanol–water partition coefficient (Wildman–Crippen LogP) is 5.42. The molecule has 0 aromatic heterocycles. The molecule has 0 unspecified atom stereocenters. The lowest BCUT2D eigenvalue weighted by molar-refractivity contribution is -0.139. The number of carboxylic acids is 1. The zero-order valence-electron chi connectivity index (χ0n) is 21.3. The summed E-state index contributed by atoms with van der Waals surface area (Å²) in [5.41, 5.74) is 2.96. The van der Waals surface area contributed by atoms with Crippen LogP contribution in [0.2, 0.25) is 0 Å². The van der Waals surface area contributed by atoms with Gasteiger partial charge in [-0.1, -0.05) is 62.8 Å². The highest BCUT2D eigenvalue weighted by Gasteiger charge is 2.53. The van der Waals surface area contributed by atoms with E-state index in [1.807, 2.05) is 30.3 Å². The topological polar surface area (TPSA) is 83.5 Å². The second-order valence-corrected chi connectivity index (χ2v) is 11.2. The number of carbonyl (C=O) groups excluding carboxylic acids is 2. The summed E-state index contributed by atoms with van der Waals surface area (Å²) in [6.07, 6.45) is 10.3. The number of fused-ring (bicyclic) bond motifs is 1. The summed E-state index contributed by atoms with van der Waals surface area (Å²) in [7, 11) is 0. The van der Waals surface area contributed by atoms with Gasteiger partial charge < -0.3 is 10.4 Å². The zero-order valence-corrected chi connectivity index (χ0v) is 21.3. The van der Waals surface area contributed by atoms with Gasteiger partial charge in [0, 0.05) is 18.1 Å². The van der Waals surface area contributed by atoms with Crippen LogP contribution in [-0.2, 0) is 20.8 Å². The van der Waals surface area contributed by atoms with Gasteiger partial charge in [0.15, 0.2) is 5.78 Å². The quantitative estimate of drug-likeness (QED) is 0.406. The molecule has 1 aromatic rings. The molecule has 1 aromatic carbocycles. The molecule has 0 amide bonds. The lowest BCUT2D eigenvalue weighted by atomic mass is 9.46. The Bertz CT molecular complexity index is 1110. The molecule has 4 rings (SSSR count). The van der Waals surface area contributed by atoms with Crippen molar-refractivity contribution in [3.8, 4) is 0 Å². The molecule has 5 heteroatoms. The van der Waals surface area contributed by atoms with Crippen molar-refractivity contribution in [3.63, 3.8) is 0 Å². The molecule has 0 saturated heterocycles. The van der Waals surface area contributed by atoms with Gasteiger partial charge in [-0.05, 0) is 73.3 Å². The van der Waals surface area contributed by atoms with Crippen LogP contribution in [0.25, 0.3) is 0 Å². The lowest BCUT2D eigenvalue weighted by Crippen LogP contribution is -2.50. The first-order valence-electron chi connectivity index (χ1n) is 12.8. The summed E-state index contributed by atoms with van der Waals surface area (Å²) in [5, 5.41) is 12.5. The van der Waals surface area contributed by atoms with E-state index >= 15 is 0 Å². The van der Waals surface area contributed by atoms with Crippen molar-refractivity contribution in [3.05, 3.63) is 71.0 Å². The molecule has 186 valence electrons. The molecule has 5 atom stereocenters. The number of benzene rings is 1. The second-order valence-electron chi connectivity index (χ2n) is 11.2. The number of hydrogen-bond donors (Lipinski definition) is 2. The van der Waals surface area contributed by atoms with E-state index in [-0.39, 0.29) is 34.5 Å². The van der Waals surface area contributed by atoms with Gasteiger partial charge in [-0.25, -0.2) is 4.79 Å². The van der Waals surface area contributed by atoms with E-state index < -0.39 is 12.0 Å². The molecular weight excluding hydrogens is 438 g/mol. The van der Waals surface area contributed by atoms with Gasteiger partial charge in [0.1, 0.15) is 6.04 Å². The van der Waals surface area contributed by atoms with Crippen molar-refractivity contribution >= 4 is 17.5 Å². The van der Waals surface area contributed by atoms with Crippen LogP contribution in [-0.4, -0.2) is 28.7 Å². The van der Waals surface area contributed by atoms with Crippen molar-refractivity contribution in [2.24, 2.45) is 22.7 Å². The molecule has 35 heavy (non-hydrogen) atoms. The Morgan fingerprint density at radius 1 is 1.11 bits per heavy atom. The molecule has 0 aliphatic heterocycles. The van der Waals surface area contributed by atoms with Crippen LogP contribution in [0.3, 0.4) is 0 Å². The molecule has 1 saturated carbocycles. The standard InChI is InChI=1S/C30H37NO4/c1-19-9-8-12-27-29(19,3)14-13-20(2)30(27,4)18-22-16-26(33)23(17-25(22)32)31-24(28(34)35)15-21-10-6-5-7-11-21/h5-7,9-11,16-17,20,24,27,31H,8,12-15,18H2,1-4H3,(H,34,35)/t20-,24+,27+,29+,30+/m0/s1. The smallest absolute Gasteiger partial charge is 0.326 e. The summed E-state index contributed by atoms with van der Waals surface area (Å²) in [5.74, 6) is -0.680. The van der Waals surface area contributed by atoms with Crippen LogP contribution >= 0.6 is 0 Å². The summed E-state index contributed by atoms with van der Waals surface area (Å²) in [6, 6.07) is 8.26. The fraction of sp³-hybridized carbons (Fsp3) is 0.500. The number of allylic oxidation sites excluding steroid dienone is 5. The third kappa shape index (κ3) is 4.78. The molecular formula is C30H37NO4. The van der Waals surface area contributed by atoms with Gasteiger partial charge in [-0.15, -0.1) is 0 Å². The summed E-state index contributed by atoms with van der Waals surface area (Å²) < 4.78 is 0.